The molecule has 2 aromatic rings. The van der Waals surface area contributed by atoms with Crippen molar-refractivity contribution in [1.29, 1.82) is 0 Å². The lowest BCUT2D eigenvalue weighted by molar-refractivity contribution is 0.286. The standard InChI is InChI=1S/C18H22FNO/c1-3-10-20-12-16-8-5-9-17(19)18(16)21-13-15-7-4-6-14(2)11-15/h4-9,11,20H,3,10,12-13H2,1-2H3. The van der Waals surface area contributed by atoms with Crippen LogP contribution in [0.3, 0.4) is 0 Å². The lowest BCUT2D eigenvalue weighted by Crippen LogP contribution is -2.15. The molecule has 0 aliphatic rings. The summed E-state index contributed by atoms with van der Waals surface area (Å²) >= 11 is 0. The summed E-state index contributed by atoms with van der Waals surface area (Å²) in [6.07, 6.45) is 1.05. The van der Waals surface area contributed by atoms with Gasteiger partial charge < -0.3 is 10.1 Å². The first kappa shape index (κ1) is 15.5. The summed E-state index contributed by atoms with van der Waals surface area (Å²) in [6, 6.07) is 13.1. The minimum absolute atomic E-state index is 0.307. The summed E-state index contributed by atoms with van der Waals surface area (Å²) < 4.78 is 19.7. The average Bonchev–Trinajstić information content (AvgIpc) is 2.47. The van der Waals surface area contributed by atoms with Crippen LogP contribution in [0.15, 0.2) is 42.5 Å². The Bertz CT molecular complexity index is 583. The van der Waals surface area contributed by atoms with Gasteiger partial charge in [-0.25, -0.2) is 4.39 Å². The van der Waals surface area contributed by atoms with Gasteiger partial charge in [-0.1, -0.05) is 48.9 Å². The molecule has 0 heterocycles. The molecule has 0 bridgehead atoms. The normalized spacial score (nSPS) is 10.6. The van der Waals surface area contributed by atoms with E-state index in [1.165, 1.54) is 11.6 Å². The SMILES string of the molecule is CCCNCc1cccc(F)c1OCc1cccc(C)c1. The number of para-hydroxylation sites is 1. The Balaban J connectivity index is 2.07. The zero-order chi connectivity index (χ0) is 15.1. The van der Waals surface area contributed by atoms with Gasteiger partial charge >= 0.3 is 0 Å². The molecule has 2 aromatic carbocycles. The van der Waals surface area contributed by atoms with Gasteiger partial charge in [0.25, 0.3) is 0 Å². The highest BCUT2D eigenvalue weighted by Crippen LogP contribution is 2.24. The average molecular weight is 287 g/mol. The zero-order valence-electron chi connectivity index (χ0n) is 12.7. The zero-order valence-corrected chi connectivity index (χ0v) is 12.7. The predicted octanol–water partition coefficient (Wildman–Crippen LogP) is 4.21. The fourth-order valence-electron chi connectivity index (χ4n) is 2.21. The molecule has 0 unspecified atom stereocenters. The minimum atomic E-state index is -0.307. The molecule has 0 radical (unpaired) electrons. The maximum atomic E-state index is 14.0. The van der Waals surface area contributed by atoms with Gasteiger partial charge in [0.2, 0.25) is 0 Å². The molecule has 0 spiro atoms. The van der Waals surface area contributed by atoms with E-state index in [1.54, 1.807) is 6.07 Å². The second-order valence-corrected chi connectivity index (χ2v) is 5.18. The van der Waals surface area contributed by atoms with E-state index in [0.717, 1.165) is 24.1 Å². The third-order valence-corrected chi connectivity index (χ3v) is 3.26. The van der Waals surface area contributed by atoms with Crippen molar-refractivity contribution in [2.75, 3.05) is 6.54 Å². The number of hydrogen-bond donors (Lipinski definition) is 1. The van der Waals surface area contributed by atoms with Crippen molar-refractivity contribution >= 4 is 0 Å². The highest BCUT2D eigenvalue weighted by Gasteiger charge is 2.09. The van der Waals surface area contributed by atoms with Crippen LogP contribution in [-0.2, 0) is 13.2 Å². The Morgan fingerprint density at radius 3 is 2.71 bits per heavy atom. The summed E-state index contributed by atoms with van der Waals surface area (Å²) in [4.78, 5) is 0. The summed E-state index contributed by atoms with van der Waals surface area (Å²) in [5.74, 6) is 0.0426. The summed E-state index contributed by atoms with van der Waals surface area (Å²) in [6.45, 7) is 6.05. The Labute approximate surface area is 126 Å². The second kappa shape index (κ2) is 7.79. The lowest BCUT2D eigenvalue weighted by atomic mass is 10.1. The van der Waals surface area contributed by atoms with Gasteiger partial charge in [-0.3, -0.25) is 0 Å². The molecule has 0 saturated carbocycles. The molecule has 0 aliphatic heterocycles. The van der Waals surface area contributed by atoms with Crippen LogP contribution in [0.4, 0.5) is 4.39 Å². The van der Waals surface area contributed by atoms with Gasteiger partial charge in [0.15, 0.2) is 11.6 Å². The smallest absolute Gasteiger partial charge is 0.165 e. The quantitative estimate of drug-likeness (QED) is 0.770. The fraction of sp³-hybridized carbons (Fsp3) is 0.333. The first-order valence-electron chi connectivity index (χ1n) is 7.37. The molecule has 0 fully saturated rings. The number of aryl methyl sites for hydroxylation is 1. The van der Waals surface area contributed by atoms with Crippen LogP contribution < -0.4 is 10.1 Å². The molecule has 0 saturated heterocycles. The van der Waals surface area contributed by atoms with Crippen LogP contribution in [0.25, 0.3) is 0 Å². The first-order chi connectivity index (χ1) is 10.2. The van der Waals surface area contributed by atoms with E-state index in [0.29, 0.717) is 18.9 Å². The van der Waals surface area contributed by atoms with E-state index in [4.69, 9.17) is 4.74 Å². The van der Waals surface area contributed by atoms with Gasteiger partial charge in [-0.05, 0) is 31.5 Å². The van der Waals surface area contributed by atoms with Gasteiger partial charge in [0, 0.05) is 12.1 Å². The van der Waals surface area contributed by atoms with Crippen molar-refractivity contribution in [2.45, 2.75) is 33.4 Å². The fourth-order valence-corrected chi connectivity index (χ4v) is 2.21. The highest BCUT2D eigenvalue weighted by atomic mass is 19.1. The van der Waals surface area contributed by atoms with E-state index in [-0.39, 0.29) is 5.82 Å². The van der Waals surface area contributed by atoms with Crippen molar-refractivity contribution < 1.29 is 9.13 Å². The Morgan fingerprint density at radius 1 is 1.14 bits per heavy atom. The van der Waals surface area contributed by atoms with E-state index in [2.05, 4.69) is 18.3 Å². The molecule has 21 heavy (non-hydrogen) atoms. The molecule has 2 nitrogen and oxygen atoms in total. The van der Waals surface area contributed by atoms with E-state index >= 15 is 0 Å². The molecule has 2 rings (SSSR count). The number of nitrogens with one attached hydrogen (secondary N) is 1. The minimum Gasteiger partial charge on any atom is -0.485 e. The second-order valence-electron chi connectivity index (χ2n) is 5.18. The van der Waals surface area contributed by atoms with Gasteiger partial charge in [0.05, 0.1) is 0 Å². The Hall–Kier alpha value is -1.87. The molecule has 112 valence electrons. The van der Waals surface area contributed by atoms with Crippen molar-refractivity contribution in [2.24, 2.45) is 0 Å². The maximum absolute atomic E-state index is 14.0. The first-order valence-corrected chi connectivity index (χ1v) is 7.37. The topological polar surface area (TPSA) is 21.3 Å². The van der Waals surface area contributed by atoms with Crippen LogP contribution in [0.5, 0.6) is 5.75 Å². The largest absolute Gasteiger partial charge is 0.485 e. The maximum Gasteiger partial charge on any atom is 0.165 e. The number of halogens is 1. The van der Waals surface area contributed by atoms with Crippen LogP contribution in [-0.4, -0.2) is 6.54 Å². The van der Waals surface area contributed by atoms with Crippen molar-refractivity contribution in [1.82, 2.24) is 5.32 Å². The van der Waals surface area contributed by atoms with E-state index in [9.17, 15) is 4.39 Å². The van der Waals surface area contributed by atoms with E-state index in [1.807, 2.05) is 31.2 Å². The highest BCUT2D eigenvalue weighted by molar-refractivity contribution is 5.35. The number of benzene rings is 2. The molecular formula is C18H22FNO. The molecule has 0 amide bonds. The third kappa shape index (κ3) is 4.57. The summed E-state index contributed by atoms with van der Waals surface area (Å²) in [5, 5.41) is 3.28. The molecule has 0 aromatic heterocycles. The van der Waals surface area contributed by atoms with Crippen LogP contribution >= 0.6 is 0 Å². The van der Waals surface area contributed by atoms with Crippen molar-refractivity contribution in [3.05, 3.63) is 65.0 Å². The molecule has 3 heteroatoms. The third-order valence-electron chi connectivity index (χ3n) is 3.26. The molecule has 0 aliphatic carbocycles. The summed E-state index contributed by atoms with van der Waals surface area (Å²) in [7, 11) is 0. The van der Waals surface area contributed by atoms with Gasteiger partial charge in [-0.15, -0.1) is 0 Å². The number of hydrogen-bond acceptors (Lipinski definition) is 2. The number of rotatable bonds is 7. The van der Waals surface area contributed by atoms with Crippen LogP contribution in [0.2, 0.25) is 0 Å². The van der Waals surface area contributed by atoms with Crippen LogP contribution in [0.1, 0.15) is 30.0 Å². The monoisotopic (exact) mass is 287 g/mol. The van der Waals surface area contributed by atoms with Crippen LogP contribution in [0, 0.1) is 12.7 Å². The van der Waals surface area contributed by atoms with Crippen molar-refractivity contribution in [3.8, 4) is 5.75 Å². The molecule has 0 atom stereocenters. The summed E-state index contributed by atoms with van der Waals surface area (Å²) in [5.41, 5.74) is 3.08. The predicted molar refractivity (Wildman–Crippen MR) is 83.9 cm³/mol. The Morgan fingerprint density at radius 2 is 1.95 bits per heavy atom. The number of ether oxygens (including phenoxy) is 1. The molecular weight excluding hydrogens is 265 g/mol. The van der Waals surface area contributed by atoms with Gasteiger partial charge in [-0.2, -0.15) is 0 Å². The van der Waals surface area contributed by atoms with E-state index < -0.39 is 0 Å². The Kier molecular flexibility index (Phi) is 5.76. The van der Waals surface area contributed by atoms with Gasteiger partial charge in [0.1, 0.15) is 6.61 Å². The molecule has 1 N–H and O–H groups in total. The lowest BCUT2D eigenvalue weighted by Gasteiger charge is -2.13. The van der Waals surface area contributed by atoms with Crippen molar-refractivity contribution in [3.63, 3.8) is 0 Å².